The second-order valence-electron chi connectivity index (χ2n) is 4.41. The molecule has 100 valence electrons. The summed E-state index contributed by atoms with van der Waals surface area (Å²) in [6.07, 6.45) is 0.419. The monoisotopic (exact) mass is 260 g/mol. The largest absolute Gasteiger partial charge is 0.481 e. The molecular formula is C15H16O4. The van der Waals surface area contributed by atoms with Crippen LogP contribution in [-0.2, 0) is 11.2 Å². The van der Waals surface area contributed by atoms with Crippen LogP contribution >= 0.6 is 0 Å². The molecule has 1 aromatic carbocycles. The van der Waals surface area contributed by atoms with Crippen LogP contribution < -0.4 is 4.74 Å². The number of ether oxygens (including phenoxy) is 1. The number of hydrogen-bond acceptors (Lipinski definition) is 3. The van der Waals surface area contributed by atoms with Gasteiger partial charge in [0.25, 0.3) is 5.95 Å². The lowest BCUT2D eigenvalue weighted by Gasteiger charge is -2.07. The van der Waals surface area contributed by atoms with Crippen LogP contribution in [0, 0.1) is 13.8 Å². The quantitative estimate of drug-likeness (QED) is 0.890. The van der Waals surface area contributed by atoms with Crippen LogP contribution in [0.1, 0.15) is 23.3 Å². The number of rotatable bonds is 5. The highest BCUT2D eigenvalue weighted by Crippen LogP contribution is 2.28. The van der Waals surface area contributed by atoms with E-state index in [4.69, 9.17) is 14.3 Å². The molecule has 1 heterocycles. The zero-order valence-electron chi connectivity index (χ0n) is 11.0. The van der Waals surface area contributed by atoms with E-state index >= 15 is 0 Å². The minimum atomic E-state index is -0.839. The Hall–Kier alpha value is -2.23. The first-order valence-electron chi connectivity index (χ1n) is 6.11. The molecule has 1 aromatic heterocycles. The first kappa shape index (κ1) is 13.2. The molecule has 0 aliphatic heterocycles. The standard InChI is InChI=1S/C15H16O4/c1-10-4-3-5-13(11(10)2)19-15-9-7-12(18-15)6-8-14(16)17/h3-5,7,9H,6,8H2,1-2H3,(H,16,17). The Balaban J connectivity index is 2.07. The van der Waals surface area contributed by atoms with Gasteiger partial charge in [-0.2, -0.15) is 0 Å². The van der Waals surface area contributed by atoms with E-state index in [1.54, 1.807) is 12.1 Å². The number of furan rings is 1. The molecule has 0 bridgehead atoms. The molecule has 2 aromatic rings. The minimum absolute atomic E-state index is 0.0520. The third-order valence-corrected chi connectivity index (χ3v) is 2.99. The van der Waals surface area contributed by atoms with Gasteiger partial charge in [-0.25, -0.2) is 0 Å². The fourth-order valence-corrected chi connectivity index (χ4v) is 1.72. The Morgan fingerprint density at radius 1 is 1.26 bits per heavy atom. The summed E-state index contributed by atoms with van der Waals surface area (Å²) in [5.74, 6) is 0.907. The fraction of sp³-hybridized carbons (Fsp3) is 0.267. The Morgan fingerprint density at radius 3 is 2.79 bits per heavy atom. The molecule has 4 nitrogen and oxygen atoms in total. The highest BCUT2D eigenvalue weighted by molar-refractivity contribution is 5.66. The first-order valence-corrected chi connectivity index (χ1v) is 6.11. The Bertz CT molecular complexity index is 584. The van der Waals surface area contributed by atoms with Gasteiger partial charge in [0.1, 0.15) is 11.5 Å². The summed E-state index contributed by atoms with van der Waals surface area (Å²) in [4.78, 5) is 10.5. The van der Waals surface area contributed by atoms with Gasteiger partial charge in [0.05, 0.1) is 6.42 Å². The van der Waals surface area contributed by atoms with Crippen molar-refractivity contribution < 1.29 is 19.1 Å². The zero-order valence-corrected chi connectivity index (χ0v) is 11.0. The van der Waals surface area contributed by atoms with Gasteiger partial charge in [-0.05, 0) is 37.1 Å². The molecule has 1 N–H and O–H groups in total. The molecule has 0 radical (unpaired) electrons. The van der Waals surface area contributed by atoms with E-state index in [1.807, 2.05) is 32.0 Å². The van der Waals surface area contributed by atoms with E-state index in [9.17, 15) is 4.79 Å². The number of carboxylic acid groups (broad SMARTS) is 1. The lowest BCUT2D eigenvalue weighted by atomic mass is 10.1. The van der Waals surface area contributed by atoms with Crippen LogP contribution in [0.2, 0.25) is 0 Å². The molecule has 0 amide bonds. The number of aliphatic carboxylic acids is 1. The van der Waals surface area contributed by atoms with Crippen LogP contribution in [0.5, 0.6) is 11.7 Å². The van der Waals surface area contributed by atoms with Gasteiger partial charge in [-0.3, -0.25) is 4.79 Å². The molecule has 19 heavy (non-hydrogen) atoms. The normalized spacial score (nSPS) is 10.4. The number of carboxylic acids is 1. The van der Waals surface area contributed by atoms with Crippen molar-refractivity contribution in [1.82, 2.24) is 0 Å². The van der Waals surface area contributed by atoms with Crippen molar-refractivity contribution in [3.05, 3.63) is 47.2 Å². The molecule has 4 heteroatoms. The molecule has 2 rings (SSSR count). The molecule has 0 unspecified atom stereocenters. The predicted molar refractivity (Wildman–Crippen MR) is 70.7 cm³/mol. The van der Waals surface area contributed by atoms with Gasteiger partial charge < -0.3 is 14.3 Å². The third-order valence-electron chi connectivity index (χ3n) is 2.99. The van der Waals surface area contributed by atoms with E-state index in [0.29, 0.717) is 18.1 Å². The number of carbonyl (C=O) groups is 1. The van der Waals surface area contributed by atoms with Crippen LogP contribution in [0.15, 0.2) is 34.7 Å². The SMILES string of the molecule is Cc1cccc(Oc2ccc(CCC(=O)O)o2)c1C. The maximum Gasteiger partial charge on any atom is 0.303 e. The van der Waals surface area contributed by atoms with Crippen LogP contribution in [0.25, 0.3) is 0 Å². The smallest absolute Gasteiger partial charge is 0.303 e. The Labute approximate surface area is 111 Å². The van der Waals surface area contributed by atoms with Crippen molar-refractivity contribution in [2.75, 3.05) is 0 Å². The topological polar surface area (TPSA) is 59.7 Å². The fourth-order valence-electron chi connectivity index (χ4n) is 1.72. The van der Waals surface area contributed by atoms with Crippen molar-refractivity contribution in [1.29, 1.82) is 0 Å². The number of hydrogen-bond donors (Lipinski definition) is 1. The van der Waals surface area contributed by atoms with Crippen LogP contribution in [0.4, 0.5) is 0 Å². The van der Waals surface area contributed by atoms with Crippen molar-refractivity contribution in [3.8, 4) is 11.7 Å². The van der Waals surface area contributed by atoms with Gasteiger partial charge >= 0.3 is 5.97 Å². The summed E-state index contributed by atoms with van der Waals surface area (Å²) >= 11 is 0. The van der Waals surface area contributed by atoms with E-state index in [0.717, 1.165) is 16.9 Å². The number of benzene rings is 1. The molecule has 0 aliphatic rings. The molecule has 0 fully saturated rings. The van der Waals surface area contributed by atoms with Gasteiger partial charge in [0.2, 0.25) is 0 Å². The summed E-state index contributed by atoms with van der Waals surface area (Å²) in [7, 11) is 0. The lowest BCUT2D eigenvalue weighted by Crippen LogP contribution is -1.96. The summed E-state index contributed by atoms with van der Waals surface area (Å²) in [6, 6.07) is 9.26. The van der Waals surface area contributed by atoms with Gasteiger partial charge in [0, 0.05) is 12.5 Å². The van der Waals surface area contributed by atoms with Gasteiger partial charge in [0.15, 0.2) is 0 Å². The summed E-state index contributed by atoms with van der Waals surface area (Å²) in [6.45, 7) is 4.00. The van der Waals surface area contributed by atoms with Crippen LogP contribution in [0.3, 0.4) is 0 Å². The minimum Gasteiger partial charge on any atom is -0.481 e. The average Bonchev–Trinajstić information content (AvgIpc) is 2.80. The Kier molecular flexibility index (Phi) is 3.90. The van der Waals surface area contributed by atoms with Gasteiger partial charge in [-0.1, -0.05) is 12.1 Å². The maximum atomic E-state index is 10.5. The third kappa shape index (κ3) is 3.37. The van der Waals surface area contributed by atoms with Crippen molar-refractivity contribution in [2.45, 2.75) is 26.7 Å². The van der Waals surface area contributed by atoms with Gasteiger partial charge in [-0.15, -0.1) is 0 Å². The second kappa shape index (κ2) is 5.61. The second-order valence-corrected chi connectivity index (χ2v) is 4.41. The van der Waals surface area contributed by atoms with E-state index < -0.39 is 5.97 Å². The highest BCUT2D eigenvalue weighted by atomic mass is 16.6. The van der Waals surface area contributed by atoms with Crippen molar-refractivity contribution in [3.63, 3.8) is 0 Å². The van der Waals surface area contributed by atoms with Crippen molar-refractivity contribution in [2.24, 2.45) is 0 Å². The maximum absolute atomic E-state index is 10.5. The summed E-state index contributed by atoms with van der Waals surface area (Å²) in [5, 5.41) is 8.61. The summed E-state index contributed by atoms with van der Waals surface area (Å²) < 4.78 is 11.1. The molecule has 0 saturated heterocycles. The number of aryl methyl sites for hydroxylation is 2. The highest BCUT2D eigenvalue weighted by Gasteiger charge is 2.08. The van der Waals surface area contributed by atoms with E-state index in [1.165, 1.54) is 0 Å². The lowest BCUT2D eigenvalue weighted by molar-refractivity contribution is -0.137. The Morgan fingerprint density at radius 2 is 2.05 bits per heavy atom. The van der Waals surface area contributed by atoms with Crippen LogP contribution in [-0.4, -0.2) is 11.1 Å². The molecule has 0 spiro atoms. The van der Waals surface area contributed by atoms with Crippen molar-refractivity contribution >= 4 is 5.97 Å². The molecular weight excluding hydrogens is 244 g/mol. The van der Waals surface area contributed by atoms with E-state index in [2.05, 4.69) is 0 Å². The molecule has 0 atom stereocenters. The average molecular weight is 260 g/mol. The summed E-state index contributed by atoms with van der Waals surface area (Å²) in [5.41, 5.74) is 2.21. The molecule has 0 saturated carbocycles. The first-order chi connectivity index (χ1) is 9.06. The predicted octanol–water partition coefficient (Wildman–Crippen LogP) is 3.71. The molecule has 0 aliphatic carbocycles. The zero-order chi connectivity index (χ0) is 13.8. The van der Waals surface area contributed by atoms with E-state index in [-0.39, 0.29) is 6.42 Å².